The number of piperidine rings is 1. The van der Waals surface area contributed by atoms with Crippen molar-refractivity contribution in [2.75, 3.05) is 39.7 Å². The van der Waals surface area contributed by atoms with E-state index in [1.807, 2.05) is 0 Å². The van der Waals surface area contributed by atoms with E-state index in [0.717, 1.165) is 19.3 Å². The molecular formula is C21H26N2O6S. The molecule has 0 saturated carbocycles. The molecule has 0 radical (unpaired) electrons. The second-order valence-corrected chi connectivity index (χ2v) is 8.76. The van der Waals surface area contributed by atoms with E-state index in [4.69, 9.17) is 14.2 Å². The number of hydrogen-bond acceptors (Lipinski definition) is 6. The van der Waals surface area contributed by atoms with Gasteiger partial charge in [-0.15, -0.1) is 0 Å². The van der Waals surface area contributed by atoms with Crippen LogP contribution in [0.15, 0.2) is 41.3 Å². The highest BCUT2D eigenvalue weighted by molar-refractivity contribution is 7.89. The van der Waals surface area contributed by atoms with Crippen molar-refractivity contribution in [1.82, 2.24) is 4.31 Å². The number of carbonyl (C=O) groups is 1. The van der Waals surface area contributed by atoms with E-state index in [1.54, 1.807) is 30.3 Å². The Hall–Kier alpha value is -2.78. The maximum atomic E-state index is 13.1. The van der Waals surface area contributed by atoms with Gasteiger partial charge in [0.1, 0.15) is 10.6 Å². The molecule has 1 saturated heterocycles. The van der Waals surface area contributed by atoms with Crippen molar-refractivity contribution in [1.29, 1.82) is 0 Å². The Morgan fingerprint density at radius 1 is 0.867 bits per heavy atom. The van der Waals surface area contributed by atoms with Gasteiger partial charge in [0, 0.05) is 24.3 Å². The van der Waals surface area contributed by atoms with Crippen LogP contribution in [0.4, 0.5) is 5.69 Å². The fourth-order valence-electron chi connectivity index (χ4n) is 3.38. The standard InChI is InChI=1S/C21H26N2O6S/c1-27-17-9-7-15(13-19(17)29-3)21(24)22-16-8-10-18(28-2)20(14-16)30(25,26)23-11-5-4-6-12-23/h7-10,13-14H,4-6,11-12H2,1-3H3,(H,22,24). The Morgan fingerprint density at radius 3 is 2.13 bits per heavy atom. The fourth-order valence-corrected chi connectivity index (χ4v) is 5.08. The first-order chi connectivity index (χ1) is 14.4. The zero-order valence-corrected chi connectivity index (χ0v) is 18.1. The van der Waals surface area contributed by atoms with Gasteiger partial charge >= 0.3 is 0 Å². The van der Waals surface area contributed by atoms with Gasteiger partial charge in [-0.1, -0.05) is 6.42 Å². The number of amides is 1. The van der Waals surface area contributed by atoms with Gasteiger partial charge in [0.15, 0.2) is 11.5 Å². The van der Waals surface area contributed by atoms with Gasteiger partial charge in [-0.25, -0.2) is 8.42 Å². The van der Waals surface area contributed by atoms with Gasteiger partial charge < -0.3 is 19.5 Å². The van der Waals surface area contributed by atoms with Gasteiger partial charge in [-0.3, -0.25) is 4.79 Å². The highest BCUT2D eigenvalue weighted by atomic mass is 32.2. The van der Waals surface area contributed by atoms with Crippen molar-refractivity contribution in [3.63, 3.8) is 0 Å². The Kier molecular flexibility index (Phi) is 6.84. The lowest BCUT2D eigenvalue weighted by Crippen LogP contribution is -2.35. The fraction of sp³-hybridized carbons (Fsp3) is 0.381. The van der Waals surface area contributed by atoms with Crippen molar-refractivity contribution < 1.29 is 27.4 Å². The number of methoxy groups -OCH3 is 3. The molecule has 2 aromatic carbocycles. The van der Waals surface area contributed by atoms with Crippen molar-refractivity contribution in [3.8, 4) is 17.2 Å². The summed E-state index contributed by atoms with van der Waals surface area (Å²) in [4.78, 5) is 12.7. The van der Waals surface area contributed by atoms with E-state index in [2.05, 4.69) is 5.32 Å². The first-order valence-corrected chi connectivity index (χ1v) is 11.1. The molecule has 0 bridgehead atoms. The molecule has 0 aliphatic carbocycles. The monoisotopic (exact) mass is 434 g/mol. The third-order valence-corrected chi connectivity index (χ3v) is 6.92. The average molecular weight is 435 g/mol. The van der Waals surface area contributed by atoms with Gasteiger partial charge in [0.2, 0.25) is 10.0 Å². The third kappa shape index (κ3) is 4.52. The SMILES string of the molecule is COc1ccc(C(=O)Nc2ccc(OC)c(S(=O)(=O)N3CCCCC3)c2)cc1OC. The van der Waals surface area contributed by atoms with Crippen LogP contribution >= 0.6 is 0 Å². The minimum atomic E-state index is -3.73. The smallest absolute Gasteiger partial charge is 0.255 e. The number of benzene rings is 2. The Labute approximate surface area is 176 Å². The van der Waals surface area contributed by atoms with Crippen LogP contribution in [0.2, 0.25) is 0 Å². The molecule has 0 unspecified atom stereocenters. The van der Waals surface area contributed by atoms with Crippen LogP contribution in [0.3, 0.4) is 0 Å². The van der Waals surface area contributed by atoms with E-state index in [-0.39, 0.29) is 10.6 Å². The van der Waals surface area contributed by atoms with Crippen LogP contribution in [0.5, 0.6) is 17.2 Å². The van der Waals surface area contributed by atoms with Gasteiger partial charge in [0.25, 0.3) is 5.91 Å². The summed E-state index contributed by atoms with van der Waals surface area (Å²) in [7, 11) is 0.696. The molecule has 1 fully saturated rings. The van der Waals surface area contributed by atoms with Crippen LogP contribution < -0.4 is 19.5 Å². The molecule has 0 atom stereocenters. The molecule has 1 aliphatic heterocycles. The molecule has 3 rings (SSSR count). The summed E-state index contributed by atoms with van der Waals surface area (Å²) >= 11 is 0. The van der Waals surface area contributed by atoms with Crippen LogP contribution in [-0.4, -0.2) is 53.0 Å². The number of nitrogens with zero attached hydrogens (tertiary/aromatic N) is 1. The van der Waals surface area contributed by atoms with Crippen LogP contribution in [0.1, 0.15) is 29.6 Å². The van der Waals surface area contributed by atoms with Crippen molar-refractivity contribution in [2.45, 2.75) is 24.2 Å². The van der Waals surface area contributed by atoms with E-state index in [1.165, 1.54) is 31.7 Å². The molecule has 1 aliphatic rings. The van der Waals surface area contributed by atoms with Gasteiger partial charge in [-0.05, 0) is 49.2 Å². The number of rotatable bonds is 7. The summed E-state index contributed by atoms with van der Waals surface area (Å²) in [6.45, 7) is 0.960. The number of anilines is 1. The normalized spacial score (nSPS) is 14.8. The van der Waals surface area contributed by atoms with E-state index in [9.17, 15) is 13.2 Å². The highest BCUT2D eigenvalue weighted by Gasteiger charge is 2.29. The maximum Gasteiger partial charge on any atom is 0.255 e. The Bertz CT molecular complexity index is 1020. The number of nitrogens with one attached hydrogen (secondary N) is 1. The largest absolute Gasteiger partial charge is 0.495 e. The molecule has 162 valence electrons. The summed E-state index contributed by atoms with van der Waals surface area (Å²) in [6, 6.07) is 9.37. The first kappa shape index (κ1) is 21.9. The minimum Gasteiger partial charge on any atom is -0.495 e. The molecule has 30 heavy (non-hydrogen) atoms. The lowest BCUT2D eigenvalue weighted by molar-refractivity contribution is 0.102. The Morgan fingerprint density at radius 2 is 1.50 bits per heavy atom. The van der Waals surface area contributed by atoms with E-state index < -0.39 is 15.9 Å². The number of hydrogen-bond donors (Lipinski definition) is 1. The van der Waals surface area contributed by atoms with Crippen molar-refractivity contribution >= 4 is 21.6 Å². The summed E-state index contributed by atoms with van der Waals surface area (Å²) in [5.74, 6) is 0.772. The van der Waals surface area contributed by atoms with E-state index in [0.29, 0.717) is 35.8 Å². The van der Waals surface area contributed by atoms with Crippen molar-refractivity contribution in [3.05, 3.63) is 42.0 Å². The molecule has 0 aromatic heterocycles. The predicted molar refractivity (Wildman–Crippen MR) is 113 cm³/mol. The summed E-state index contributed by atoms with van der Waals surface area (Å²) in [5.41, 5.74) is 0.704. The second kappa shape index (κ2) is 9.36. The molecule has 1 heterocycles. The number of sulfonamides is 1. The molecule has 1 amide bonds. The van der Waals surface area contributed by atoms with Crippen LogP contribution in [0.25, 0.3) is 0 Å². The molecule has 9 heteroatoms. The summed E-state index contributed by atoms with van der Waals surface area (Å²) in [5, 5.41) is 2.74. The van der Waals surface area contributed by atoms with Gasteiger partial charge in [-0.2, -0.15) is 4.31 Å². The zero-order chi connectivity index (χ0) is 21.7. The topological polar surface area (TPSA) is 94.2 Å². The Balaban J connectivity index is 1.89. The summed E-state index contributed by atoms with van der Waals surface area (Å²) in [6.07, 6.45) is 2.68. The average Bonchev–Trinajstić information content (AvgIpc) is 2.79. The second-order valence-electron chi connectivity index (χ2n) is 6.85. The molecular weight excluding hydrogens is 408 g/mol. The number of ether oxygens (including phenoxy) is 3. The highest BCUT2D eigenvalue weighted by Crippen LogP contribution is 2.32. The quantitative estimate of drug-likeness (QED) is 0.720. The summed E-state index contributed by atoms with van der Waals surface area (Å²) < 4.78 is 43.4. The van der Waals surface area contributed by atoms with Crippen LogP contribution in [0, 0.1) is 0 Å². The number of carbonyl (C=O) groups excluding carboxylic acids is 1. The van der Waals surface area contributed by atoms with Crippen LogP contribution in [-0.2, 0) is 10.0 Å². The molecule has 2 aromatic rings. The predicted octanol–water partition coefficient (Wildman–Crippen LogP) is 3.14. The molecule has 1 N–H and O–H groups in total. The minimum absolute atomic E-state index is 0.0389. The lowest BCUT2D eigenvalue weighted by Gasteiger charge is -2.26. The first-order valence-electron chi connectivity index (χ1n) is 9.62. The zero-order valence-electron chi connectivity index (χ0n) is 17.3. The molecule has 0 spiro atoms. The molecule has 8 nitrogen and oxygen atoms in total. The van der Waals surface area contributed by atoms with Crippen molar-refractivity contribution in [2.24, 2.45) is 0 Å². The third-order valence-electron chi connectivity index (χ3n) is 5.00. The van der Waals surface area contributed by atoms with E-state index >= 15 is 0 Å². The van der Waals surface area contributed by atoms with Gasteiger partial charge in [0.05, 0.1) is 21.3 Å². The maximum absolute atomic E-state index is 13.1. The lowest BCUT2D eigenvalue weighted by atomic mass is 10.2.